The Balaban J connectivity index is 1.63. The maximum Gasteiger partial charge on any atom is 0.330 e. The van der Waals surface area contributed by atoms with Crippen LogP contribution in [0.2, 0.25) is 0 Å². The Kier molecular flexibility index (Phi) is 5.88. The summed E-state index contributed by atoms with van der Waals surface area (Å²) in [6.07, 6.45) is 5.22. The lowest BCUT2D eigenvalue weighted by atomic mass is 9.94. The Labute approximate surface area is 170 Å². The number of amides is 1. The van der Waals surface area contributed by atoms with Gasteiger partial charge in [-0.15, -0.1) is 0 Å². The van der Waals surface area contributed by atoms with E-state index in [2.05, 4.69) is 48.3 Å². The smallest absolute Gasteiger partial charge is 0.330 e. The van der Waals surface area contributed by atoms with Crippen molar-refractivity contribution in [2.24, 2.45) is 14.1 Å². The summed E-state index contributed by atoms with van der Waals surface area (Å²) >= 11 is 0. The van der Waals surface area contributed by atoms with Crippen LogP contribution < -0.4 is 16.6 Å². The van der Waals surface area contributed by atoms with Crippen LogP contribution in [0.5, 0.6) is 0 Å². The predicted molar refractivity (Wildman–Crippen MR) is 114 cm³/mol. The van der Waals surface area contributed by atoms with Crippen LogP contribution in [0.15, 0.2) is 46.1 Å². The third-order valence-electron chi connectivity index (χ3n) is 5.57. The van der Waals surface area contributed by atoms with Crippen molar-refractivity contribution < 1.29 is 4.79 Å². The molecule has 0 unspecified atom stereocenters. The quantitative estimate of drug-likeness (QED) is 0.767. The molecular formula is C22H28N4O3. The van der Waals surface area contributed by atoms with Crippen LogP contribution in [0.1, 0.15) is 30.5 Å². The summed E-state index contributed by atoms with van der Waals surface area (Å²) in [7, 11) is 2.99. The highest BCUT2D eigenvalue weighted by Crippen LogP contribution is 2.24. The number of fused-ring (bicyclic) bond motifs is 1. The van der Waals surface area contributed by atoms with Crippen LogP contribution >= 0.6 is 0 Å². The van der Waals surface area contributed by atoms with E-state index in [-0.39, 0.29) is 17.0 Å². The normalized spacial score (nSPS) is 14.8. The van der Waals surface area contributed by atoms with E-state index in [1.807, 2.05) is 0 Å². The molecule has 1 aromatic carbocycles. The third kappa shape index (κ3) is 4.56. The maximum absolute atomic E-state index is 12.3. The molecule has 2 heterocycles. The van der Waals surface area contributed by atoms with Gasteiger partial charge in [-0.3, -0.25) is 19.1 Å². The first kappa shape index (κ1) is 20.8. The van der Waals surface area contributed by atoms with Crippen molar-refractivity contribution in [2.45, 2.75) is 32.4 Å². The summed E-state index contributed by atoms with van der Waals surface area (Å²) in [5, 5.41) is 2.93. The van der Waals surface area contributed by atoms with Crippen LogP contribution in [0.25, 0.3) is 6.08 Å². The first-order chi connectivity index (χ1) is 13.7. The SMILES string of the molecule is Cn1cc(/C=C/C(=O)NCC(C)(C)N2CCc3ccccc3C2)c(=O)n(C)c1=O. The van der Waals surface area contributed by atoms with Gasteiger partial charge in [0.1, 0.15) is 0 Å². The molecule has 1 aliphatic rings. The van der Waals surface area contributed by atoms with Crippen molar-refractivity contribution in [1.82, 2.24) is 19.4 Å². The van der Waals surface area contributed by atoms with Gasteiger partial charge < -0.3 is 9.88 Å². The number of aryl methyl sites for hydroxylation is 1. The average Bonchev–Trinajstić information content (AvgIpc) is 2.72. The molecule has 0 radical (unpaired) electrons. The number of aromatic nitrogens is 2. The number of hydrogen-bond donors (Lipinski definition) is 1. The Morgan fingerprint density at radius 3 is 2.59 bits per heavy atom. The molecule has 0 fully saturated rings. The fraction of sp³-hybridized carbons (Fsp3) is 0.409. The van der Waals surface area contributed by atoms with E-state index in [0.717, 1.165) is 24.1 Å². The number of hydrogen-bond acceptors (Lipinski definition) is 4. The molecule has 0 aliphatic carbocycles. The number of carbonyl (C=O) groups is 1. The van der Waals surface area contributed by atoms with Crippen LogP contribution in [-0.4, -0.2) is 38.6 Å². The molecule has 0 atom stereocenters. The minimum Gasteiger partial charge on any atom is -0.351 e. The van der Waals surface area contributed by atoms with Gasteiger partial charge in [0.15, 0.2) is 0 Å². The summed E-state index contributed by atoms with van der Waals surface area (Å²) in [6.45, 7) is 6.54. The molecule has 2 aromatic rings. The molecule has 0 bridgehead atoms. The first-order valence-electron chi connectivity index (χ1n) is 9.73. The van der Waals surface area contributed by atoms with Gasteiger partial charge >= 0.3 is 5.69 Å². The summed E-state index contributed by atoms with van der Waals surface area (Å²) in [4.78, 5) is 38.6. The van der Waals surface area contributed by atoms with Crippen molar-refractivity contribution in [3.8, 4) is 0 Å². The van der Waals surface area contributed by atoms with Gasteiger partial charge in [-0.25, -0.2) is 4.79 Å². The molecule has 3 rings (SSSR count). The molecule has 0 saturated heterocycles. The second-order valence-electron chi connectivity index (χ2n) is 8.15. The van der Waals surface area contributed by atoms with Gasteiger partial charge in [0.25, 0.3) is 5.56 Å². The molecule has 0 spiro atoms. The van der Waals surface area contributed by atoms with Crippen LogP contribution in [-0.2, 0) is 31.9 Å². The van der Waals surface area contributed by atoms with E-state index in [9.17, 15) is 14.4 Å². The monoisotopic (exact) mass is 396 g/mol. The number of rotatable bonds is 5. The van der Waals surface area contributed by atoms with Gasteiger partial charge in [0.2, 0.25) is 5.91 Å². The lowest BCUT2D eigenvalue weighted by Crippen LogP contribution is -2.53. The third-order valence-corrected chi connectivity index (χ3v) is 5.57. The lowest BCUT2D eigenvalue weighted by molar-refractivity contribution is -0.117. The highest BCUT2D eigenvalue weighted by atomic mass is 16.2. The van der Waals surface area contributed by atoms with E-state index < -0.39 is 11.2 Å². The van der Waals surface area contributed by atoms with Crippen molar-refractivity contribution in [2.75, 3.05) is 13.1 Å². The summed E-state index contributed by atoms with van der Waals surface area (Å²) in [6, 6.07) is 8.47. The van der Waals surface area contributed by atoms with Crippen molar-refractivity contribution in [1.29, 1.82) is 0 Å². The first-order valence-corrected chi connectivity index (χ1v) is 9.73. The molecule has 7 heteroatoms. The largest absolute Gasteiger partial charge is 0.351 e. The second kappa shape index (κ2) is 8.21. The number of nitrogens with zero attached hydrogens (tertiary/aromatic N) is 3. The Morgan fingerprint density at radius 1 is 1.17 bits per heavy atom. The summed E-state index contributed by atoms with van der Waals surface area (Å²) in [5.74, 6) is -0.272. The number of nitrogens with one attached hydrogen (secondary N) is 1. The van der Waals surface area contributed by atoms with Gasteiger partial charge in [-0.05, 0) is 37.5 Å². The van der Waals surface area contributed by atoms with Gasteiger partial charge in [-0.2, -0.15) is 0 Å². The Hall–Kier alpha value is -2.93. The predicted octanol–water partition coefficient (Wildman–Crippen LogP) is 1.05. The minimum atomic E-state index is -0.426. The Morgan fingerprint density at radius 2 is 1.86 bits per heavy atom. The molecule has 1 aromatic heterocycles. The van der Waals surface area contributed by atoms with Gasteiger partial charge in [0, 0.05) is 51.5 Å². The topological polar surface area (TPSA) is 76.3 Å². The molecule has 0 saturated carbocycles. The number of carbonyl (C=O) groups excluding carboxylic acids is 1. The summed E-state index contributed by atoms with van der Waals surface area (Å²) in [5.41, 5.74) is 1.99. The van der Waals surface area contributed by atoms with Gasteiger partial charge in [0.05, 0.1) is 5.56 Å². The fourth-order valence-corrected chi connectivity index (χ4v) is 3.60. The zero-order valence-corrected chi connectivity index (χ0v) is 17.4. The zero-order chi connectivity index (χ0) is 21.2. The van der Waals surface area contributed by atoms with Crippen molar-refractivity contribution in [3.05, 3.63) is 74.1 Å². The summed E-state index contributed by atoms with van der Waals surface area (Å²) < 4.78 is 2.34. The van der Waals surface area contributed by atoms with E-state index in [1.165, 1.54) is 41.1 Å². The number of benzene rings is 1. The molecule has 29 heavy (non-hydrogen) atoms. The molecule has 1 amide bonds. The molecular weight excluding hydrogens is 368 g/mol. The van der Waals surface area contributed by atoms with Crippen LogP contribution in [0.4, 0.5) is 0 Å². The average molecular weight is 396 g/mol. The van der Waals surface area contributed by atoms with E-state index in [0.29, 0.717) is 6.54 Å². The standard InChI is InChI=1S/C22H28N4O3/c1-22(2,26-12-11-16-7-5-6-8-17(16)14-26)15-23-19(27)10-9-18-13-24(3)21(29)25(4)20(18)28/h5-10,13H,11-12,14-15H2,1-4H3,(H,23,27)/b10-9+. The van der Waals surface area contributed by atoms with E-state index in [4.69, 9.17) is 0 Å². The maximum atomic E-state index is 12.3. The van der Waals surface area contributed by atoms with Crippen molar-refractivity contribution >= 4 is 12.0 Å². The van der Waals surface area contributed by atoms with Gasteiger partial charge in [-0.1, -0.05) is 24.3 Å². The molecule has 7 nitrogen and oxygen atoms in total. The highest BCUT2D eigenvalue weighted by Gasteiger charge is 2.29. The van der Waals surface area contributed by atoms with Crippen LogP contribution in [0, 0.1) is 0 Å². The molecule has 154 valence electrons. The lowest BCUT2D eigenvalue weighted by Gasteiger charge is -2.41. The van der Waals surface area contributed by atoms with Crippen LogP contribution in [0.3, 0.4) is 0 Å². The zero-order valence-electron chi connectivity index (χ0n) is 17.4. The van der Waals surface area contributed by atoms with E-state index >= 15 is 0 Å². The minimum absolute atomic E-state index is 0.205. The van der Waals surface area contributed by atoms with Crippen molar-refractivity contribution in [3.63, 3.8) is 0 Å². The molecule has 1 N–H and O–H groups in total. The fourth-order valence-electron chi connectivity index (χ4n) is 3.60. The molecule has 1 aliphatic heterocycles. The van der Waals surface area contributed by atoms with E-state index in [1.54, 1.807) is 7.05 Å². The Bertz CT molecular complexity index is 1060. The highest BCUT2D eigenvalue weighted by molar-refractivity contribution is 5.91. The second-order valence-corrected chi connectivity index (χ2v) is 8.15.